The Hall–Kier alpha value is -3.84. The number of hydrogen-bond donors (Lipinski definition) is 0. The third-order valence-electron chi connectivity index (χ3n) is 8.10. The first-order valence-electron chi connectivity index (χ1n) is 14.1. The third-order valence-corrected chi connectivity index (χ3v) is 8.10. The Morgan fingerprint density at radius 2 is 1.59 bits per heavy atom. The number of ether oxygens (including phenoxy) is 1. The summed E-state index contributed by atoms with van der Waals surface area (Å²) in [4.78, 5) is 30.0. The van der Waals surface area contributed by atoms with Crippen molar-refractivity contribution in [1.82, 2.24) is 9.47 Å². The van der Waals surface area contributed by atoms with Crippen LogP contribution in [-0.4, -0.2) is 41.6 Å². The van der Waals surface area contributed by atoms with Gasteiger partial charge in [0.15, 0.2) is 12.3 Å². The SMILES string of the molecule is O=C(OCn1c(=O)oc2c(N3CCN(Cc4cccc(-c5ccccc5)c4)CC3)cccc21)C1CCCCC1. The highest BCUT2D eigenvalue weighted by Crippen LogP contribution is 2.29. The van der Waals surface area contributed by atoms with E-state index in [1.165, 1.54) is 27.7 Å². The average Bonchev–Trinajstić information content (AvgIpc) is 3.32. The fraction of sp³-hybridized carbons (Fsp3) is 0.375. The van der Waals surface area contributed by atoms with Crippen molar-refractivity contribution in [2.75, 3.05) is 31.1 Å². The van der Waals surface area contributed by atoms with Crippen LogP contribution in [0.25, 0.3) is 22.2 Å². The highest BCUT2D eigenvalue weighted by molar-refractivity contribution is 5.87. The maximum atomic E-state index is 12.7. The van der Waals surface area contributed by atoms with Gasteiger partial charge in [-0.05, 0) is 47.7 Å². The standard InChI is InChI=1S/C32H35N3O4/c36-31(26-12-5-2-6-13-26)38-23-35-29-16-8-15-28(30(29)39-32(35)37)34-19-17-33(18-20-34)22-24-9-7-14-27(21-24)25-10-3-1-4-11-25/h1,3-4,7-11,14-16,21,26H,2,5-6,12-13,17-20,22-23H2. The number of rotatable bonds is 7. The van der Waals surface area contributed by atoms with Gasteiger partial charge in [-0.3, -0.25) is 9.69 Å². The first kappa shape index (κ1) is 25.4. The minimum Gasteiger partial charge on any atom is -0.443 e. The molecule has 2 fully saturated rings. The summed E-state index contributed by atoms with van der Waals surface area (Å²) in [6, 6.07) is 25.0. The first-order valence-corrected chi connectivity index (χ1v) is 14.1. The maximum Gasteiger partial charge on any atom is 0.422 e. The van der Waals surface area contributed by atoms with Gasteiger partial charge >= 0.3 is 11.7 Å². The molecular formula is C32H35N3O4. The largest absolute Gasteiger partial charge is 0.443 e. The van der Waals surface area contributed by atoms with Crippen LogP contribution in [0.1, 0.15) is 37.7 Å². The van der Waals surface area contributed by atoms with E-state index in [0.29, 0.717) is 11.1 Å². The van der Waals surface area contributed by atoms with Gasteiger partial charge in [0.05, 0.1) is 17.1 Å². The minimum absolute atomic E-state index is 0.0553. The molecule has 0 bridgehead atoms. The summed E-state index contributed by atoms with van der Waals surface area (Å²) in [5.74, 6) is -0.761. The van der Waals surface area contributed by atoms with E-state index in [-0.39, 0.29) is 18.6 Å². The van der Waals surface area contributed by atoms with Gasteiger partial charge in [0.25, 0.3) is 0 Å². The topological polar surface area (TPSA) is 67.9 Å². The predicted molar refractivity (Wildman–Crippen MR) is 153 cm³/mol. The Morgan fingerprint density at radius 1 is 0.846 bits per heavy atom. The Bertz CT molecular complexity index is 1480. The zero-order valence-electron chi connectivity index (χ0n) is 22.3. The number of carbonyl (C=O) groups is 1. The summed E-state index contributed by atoms with van der Waals surface area (Å²) in [6.07, 6.45) is 5.03. The molecular weight excluding hydrogens is 490 g/mol. The first-order chi connectivity index (χ1) is 19.2. The summed E-state index contributed by atoms with van der Waals surface area (Å²) in [6.45, 7) is 4.29. The Morgan fingerprint density at radius 3 is 2.38 bits per heavy atom. The molecule has 1 saturated heterocycles. The number of anilines is 1. The molecule has 0 spiro atoms. The molecule has 7 nitrogen and oxygen atoms in total. The van der Waals surface area contributed by atoms with Gasteiger partial charge in [0.1, 0.15) is 0 Å². The molecule has 1 aromatic heterocycles. The second-order valence-corrected chi connectivity index (χ2v) is 10.7. The van der Waals surface area contributed by atoms with Gasteiger partial charge in [-0.15, -0.1) is 0 Å². The summed E-state index contributed by atoms with van der Waals surface area (Å²) in [5, 5.41) is 0. The van der Waals surface area contributed by atoms with E-state index in [2.05, 4.69) is 58.3 Å². The minimum atomic E-state index is -0.495. The molecule has 6 rings (SSSR count). The lowest BCUT2D eigenvalue weighted by Crippen LogP contribution is -2.46. The summed E-state index contributed by atoms with van der Waals surface area (Å²) < 4.78 is 12.7. The maximum absolute atomic E-state index is 12.7. The molecule has 0 atom stereocenters. The van der Waals surface area contributed by atoms with E-state index in [1.54, 1.807) is 0 Å². The van der Waals surface area contributed by atoms with Crippen molar-refractivity contribution >= 4 is 22.8 Å². The van der Waals surface area contributed by atoms with Crippen molar-refractivity contribution in [2.45, 2.75) is 45.4 Å². The summed E-state index contributed by atoms with van der Waals surface area (Å²) in [5.41, 5.74) is 5.90. The fourth-order valence-corrected chi connectivity index (χ4v) is 5.91. The zero-order valence-corrected chi connectivity index (χ0v) is 22.3. The van der Waals surface area contributed by atoms with Crippen molar-refractivity contribution in [3.8, 4) is 11.1 Å². The van der Waals surface area contributed by atoms with Crippen LogP contribution in [0, 0.1) is 5.92 Å². The number of fused-ring (bicyclic) bond motifs is 1. The van der Waals surface area contributed by atoms with Crippen molar-refractivity contribution in [3.05, 3.63) is 88.9 Å². The molecule has 7 heteroatoms. The molecule has 4 aromatic rings. The van der Waals surface area contributed by atoms with Crippen LogP contribution in [0.2, 0.25) is 0 Å². The van der Waals surface area contributed by atoms with Crippen LogP contribution in [0.15, 0.2) is 82.0 Å². The quantitative estimate of drug-likeness (QED) is 0.290. The van der Waals surface area contributed by atoms with Gasteiger partial charge in [-0.1, -0.05) is 73.9 Å². The molecule has 3 aromatic carbocycles. The van der Waals surface area contributed by atoms with Gasteiger partial charge in [0.2, 0.25) is 0 Å². The van der Waals surface area contributed by atoms with Gasteiger partial charge in [0, 0.05) is 32.7 Å². The lowest BCUT2D eigenvalue weighted by Gasteiger charge is -2.36. The number of carbonyl (C=O) groups excluding carboxylic acids is 1. The highest BCUT2D eigenvalue weighted by atomic mass is 16.5. The molecule has 2 heterocycles. The molecule has 202 valence electrons. The summed E-state index contributed by atoms with van der Waals surface area (Å²) in [7, 11) is 0. The summed E-state index contributed by atoms with van der Waals surface area (Å²) >= 11 is 0. The average molecular weight is 526 g/mol. The Balaban J connectivity index is 1.10. The number of hydrogen-bond acceptors (Lipinski definition) is 6. The molecule has 0 N–H and O–H groups in total. The number of nitrogens with zero attached hydrogens (tertiary/aromatic N) is 3. The monoisotopic (exact) mass is 525 g/mol. The molecule has 1 aliphatic carbocycles. The molecule has 1 saturated carbocycles. The van der Waals surface area contributed by atoms with E-state index in [0.717, 1.165) is 64.1 Å². The predicted octanol–water partition coefficient (Wildman–Crippen LogP) is 5.66. The number of oxazole rings is 1. The van der Waals surface area contributed by atoms with Crippen LogP contribution in [-0.2, 0) is 22.8 Å². The smallest absolute Gasteiger partial charge is 0.422 e. The van der Waals surface area contributed by atoms with Crippen molar-refractivity contribution in [2.24, 2.45) is 5.92 Å². The van der Waals surface area contributed by atoms with Crippen molar-refractivity contribution < 1.29 is 13.9 Å². The van der Waals surface area contributed by atoms with Crippen molar-refractivity contribution in [1.29, 1.82) is 0 Å². The van der Waals surface area contributed by atoms with E-state index < -0.39 is 5.76 Å². The number of aromatic nitrogens is 1. The third kappa shape index (κ3) is 5.64. The Kier molecular flexibility index (Phi) is 7.50. The van der Waals surface area contributed by atoms with Crippen LogP contribution in [0.4, 0.5) is 5.69 Å². The van der Waals surface area contributed by atoms with Crippen LogP contribution >= 0.6 is 0 Å². The molecule has 0 unspecified atom stereocenters. The van der Waals surface area contributed by atoms with E-state index in [4.69, 9.17) is 9.15 Å². The Labute approximate surface area is 228 Å². The van der Waals surface area contributed by atoms with E-state index >= 15 is 0 Å². The fourth-order valence-electron chi connectivity index (χ4n) is 5.91. The highest BCUT2D eigenvalue weighted by Gasteiger charge is 2.25. The van der Waals surface area contributed by atoms with E-state index in [9.17, 15) is 9.59 Å². The number of esters is 1. The van der Waals surface area contributed by atoms with E-state index in [1.807, 2.05) is 24.3 Å². The van der Waals surface area contributed by atoms with Gasteiger partial charge in [-0.25, -0.2) is 9.36 Å². The lowest BCUT2D eigenvalue weighted by molar-refractivity contribution is -0.153. The number of piperazine rings is 1. The van der Waals surface area contributed by atoms with Crippen molar-refractivity contribution in [3.63, 3.8) is 0 Å². The van der Waals surface area contributed by atoms with Gasteiger partial charge < -0.3 is 14.1 Å². The molecule has 0 radical (unpaired) electrons. The van der Waals surface area contributed by atoms with Crippen LogP contribution < -0.4 is 10.7 Å². The molecule has 1 aliphatic heterocycles. The normalized spacial score (nSPS) is 17.0. The number of benzene rings is 3. The second-order valence-electron chi connectivity index (χ2n) is 10.7. The number of para-hydroxylation sites is 1. The van der Waals surface area contributed by atoms with Crippen LogP contribution in [0.3, 0.4) is 0 Å². The lowest BCUT2D eigenvalue weighted by atomic mass is 9.89. The molecule has 39 heavy (non-hydrogen) atoms. The van der Waals surface area contributed by atoms with Crippen LogP contribution in [0.5, 0.6) is 0 Å². The molecule has 0 amide bonds. The second kappa shape index (κ2) is 11.5. The molecule has 2 aliphatic rings. The zero-order chi connectivity index (χ0) is 26.6. The van der Waals surface area contributed by atoms with Gasteiger partial charge in [-0.2, -0.15) is 0 Å².